The van der Waals surface area contributed by atoms with Crippen molar-refractivity contribution < 1.29 is 14.6 Å². The maximum atomic E-state index is 11.1. The van der Waals surface area contributed by atoms with E-state index in [1.807, 2.05) is 30.3 Å². The number of benzene rings is 2. The van der Waals surface area contributed by atoms with Gasteiger partial charge in [-0.25, -0.2) is 0 Å². The predicted molar refractivity (Wildman–Crippen MR) is 81.8 cm³/mol. The highest BCUT2D eigenvalue weighted by Gasteiger charge is 2.21. The lowest BCUT2D eigenvalue weighted by Gasteiger charge is -2.18. The van der Waals surface area contributed by atoms with E-state index in [-0.39, 0.29) is 17.4 Å². The second kappa shape index (κ2) is 6.00. The van der Waals surface area contributed by atoms with Crippen molar-refractivity contribution in [3.05, 3.63) is 48.0 Å². The van der Waals surface area contributed by atoms with Crippen LogP contribution >= 0.6 is 0 Å². The van der Waals surface area contributed by atoms with Crippen molar-refractivity contribution in [3.8, 4) is 22.6 Å². The summed E-state index contributed by atoms with van der Waals surface area (Å²) in [5.41, 5.74) is 1.74. The van der Waals surface area contributed by atoms with Gasteiger partial charge in [-0.3, -0.25) is 4.79 Å². The number of phenolic OH excluding ortho intramolecular Hbond substituents is 1. The molecule has 1 aliphatic rings. The SMILES string of the molecule is O=Cc1ccc(OC2CCCC2)c(-c2ccccc2)c1O. The zero-order chi connectivity index (χ0) is 14.7. The molecule has 0 heterocycles. The summed E-state index contributed by atoms with van der Waals surface area (Å²) in [4.78, 5) is 11.1. The molecule has 0 amide bonds. The Balaban J connectivity index is 2.06. The fourth-order valence-electron chi connectivity index (χ4n) is 2.85. The molecule has 3 rings (SSSR count). The minimum absolute atomic E-state index is 0.00769. The van der Waals surface area contributed by atoms with Crippen molar-refractivity contribution in [3.63, 3.8) is 0 Å². The molecule has 0 bridgehead atoms. The second-order valence-corrected chi connectivity index (χ2v) is 5.38. The maximum Gasteiger partial charge on any atom is 0.153 e. The normalized spacial score (nSPS) is 15.0. The molecule has 3 nitrogen and oxygen atoms in total. The molecule has 2 aromatic rings. The Bertz CT molecular complexity index is 628. The van der Waals surface area contributed by atoms with Gasteiger partial charge in [0.2, 0.25) is 0 Å². The second-order valence-electron chi connectivity index (χ2n) is 5.38. The van der Waals surface area contributed by atoms with Crippen molar-refractivity contribution in [1.29, 1.82) is 0 Å². The van der Waals surface area contributed by atoms with Gasteiger partial charge in [-0.2, -0.15) is 0 Å². The van der Waals surface area contributed by atoms with Crippen LogP contribution in [0.4, 0.5) is 0 Å². The standard InChI is InChI=1S/C18H18O3/c19-12-14-10-11-16(21-15-8-4-5-9-15)17(18(14)20)13-6-2-1-3-7-13/h1-3,6-7,10-12,15,20H,4-5,8-9H2. The van der Waals surface area contributed by atoms with Gasteiger partial charge in [0.15, 0.2) is 6.29 Å². The molecular weight excluding hydrogens is 264 g/mol. The fourth-order valence-corrected chi connectivity index (χ4v) is 2.85. The van der Waals surface area contributed by atoms with E-state index in [4.69, 9.17) is 4.74 Å². The topological polar surface area (TPSA) is 46.5 Å². The van der Waals surface area contributed by atoms with Crippen LogP contribution in [0, 0.1) is 0 Å². The van der Waals surface area contributed by atoms with Crippen LogP contribution in [0.15, 0.2) is 42.5 Å². The van der Waals surface area contributed by atoms with Crippen molar-refractivity contribution in [2.45, 2.75) is 31.8 Å². The maximum absolute atomic E-state index is 11.1. The highest BCUT2D eigenvalue weighted by molar-refractivity contribution is 5.88. The van der Waals surface area contributed by atoms with Gasteiger partial charge in [-0.15, -0.1) is 0 Å². The first-order chi connectivity index (χ1) is 10.3. The van der Waals surface area contributed by atoms with E-state index >= 15 is 0 Å². The minimum atomic E-state index is -0.00769. The highest BCUT2D eigenvalue weighted by Crippen LogP contribution is 2.41. The van der Waals surface area contributed by atoms with Gasteiger partial charge in [-0.05, 0) is 43.4 Å². The molecule has 108 valence electrons. The molecule has 1 N–H and O–H groups in total. The molecule has 1 saturated carbocycles. The van der Waals surface area contributed by atoms with E-state index in [0.717, 1.165) is 18.4 Å². The molecule has 1 fully saturated rings. The Morgan fingerprint density at radius 1 is 1.05 bits per heavy atom. The van der Waals surface area contributed by atoms with Gasteiger partial charge < -0.3 is 9.84 Å². The third-order valence-electron chi connectivity index (χ3n) is 3.96. The number of carbonyl (C=O) groups excluding carboxylic acids is 1. The van der Waals surface area contributed by atoms with Crippen LogP contribution in [0.1, 0.15) is 36.0 Å². The van der Waals surface area contributed by atoms with E-state index in [1.165, 1.54) is 12.8 Å². The number of rotatable bonds is 4. The summed E-state index contributed by atoms with van der Waals surface area (Å²) in [5.74, 6) is 0.642. The third-order valence-corrected chi connectivity index (χ3v) is 3.96. The summed E-state index contributed by atoms with van der Waals surface area (Å²) < 4.78 is 6.07. The summed E-state index contributed by atoms with van der Waals surface area (Å²) >= 11 is 0. The van der Waals surface area contributed by atoms with Gasteiger partial charge in [-0.1, -0.05) is 30.3 Å². The molecule has 0 aromatic heterocycles. The Kier molecular flexibility index (Phi) is 3.91. The lowest BCUT2D eigenvalue weighted by Crippen LogP contribution is -2.11. The van der Waals surface area contributed by atoms with Crippen LogP contribution in [-0.2, 0) is 0 Å². The average Bonchev–Trinajstić information content (AvgIpc) is 3.01. The molecule has 2 aromatic carbocycles. The van der Waals surface area contributed by atoms with E-state index in [9.17, 15) is 9.90 Å². The molecule has 0 radical (unpaired) electrons. The summed E-state index contributed by atoms with van der Waals surface area (Å²) in [7, 11) is 0. The lowest BCUT2D eigenvalue weighted by atomic mass is 10.0. The van der Waals surface area contributed by atoms with Gasteiger partial charge in [0, 0.05) is 0 Å². The Morgan fingerprint density at radius 3 is 2.43 bits per heavy atom. The molecule has 0 spiro atoms. The molecule has 0 saturated heterocycles. The number of phenols is 1. The molecule has 0 aliphatic heterocycles. The van der Waals surface area contributed by atoms with Gasteiger partial charge in [0.25, 0.3) is 0 Å². The fraction of sp³-hybridized carbons (Fsp3) is 0.278. The Labute approximate surface area is 124 Å². The van der Waals surface area contributed by atoms with Crippen LogP contribution in [0.5, 0.6) is 11.5 Å². The average molecular weight is 282 g/mol. The number of aldehydes is 1. The number of ether oxygens (including phenoxy) is 1. The summed E-state index contributed by atoms with van der Waals surface area (Å²) in [6.45, 7) is 0. The molecule has 1 aliphatic carbocycles. The Hall–Kier alpha value is -2.29. The van der Waals surface area contributed by atoms with E-state index in [2.05, 4.69) is 0 Å². The van der Waals surface area contributed by atoms with Crippen molar-refractivity contribution >= 4 is 6.29 Å². The first kappa shape index (κ1) is 13.7. The lowest BCUT2D eigenvalue weighted by molar-refractivity contribution is 0.112. The summed E-state index contributed by atoms with van der Waals surface area (Å²) in [6.07, 6.45) is 5.33. The van der Waals surface area contributed by atoms with Crippen LogP contribution in [0.25, 0.3) is 11.1 Å². The van der Waals surface area contributed by atoms with E-state index in [0.29, 0.717) is 17.6 Å². The first-order valence-electron chi connectivity index (χ1n) is 7.33. The summed E-state index contributed by atoms with van der Waals surface area (Å²) in [6, 6.07) is 12.9. The van der Waals surface area contributed by atoms with Crippen LogP contribution < -0.4 is 4.74 Å². The quantitative estimate of drug-likeness (QED) is 0.855. The summed E-state index contributed by atoms with van der Waals surface area (Å²) in [5, 5.41) is 10.4. The van der Waals surface area contributed by atoms with Gasteiger partial charge in [0.1, 0.15) is 11.5 Å². The first-order valence-corrected chi connectivity index (χ1v) is 7.33. The van der Waals surface area contributed by atoms with Crippen LogP contribution in [0.2, 0.25) is 0 Å². The zero-order valence-electron chi connectivity index (χ0n) is 11.8. The number of hydrogen-bond donors (Lipinski definition) is 1. The monoisotopic (exact) mass is 282 g/mol. The predicted octanol–water partition coefficient (Wildman–Crippen LogP) is 4.19. The third kappa shape index (κ3) is 2.77. The number of hydrogen-bond acceptors (Lipinski definition) is 3. The van der Waals surface area contributed by atoms with Crippen molar-refractivity contribution in [2.24, 2.45) is 0 Å². The van der Waals surface area contributed by atoms with Crippen molar-refractivity contribution in [1.82, 2.24) is 0 Å². The van der Waals surface area contributed by atoms with Gasteiger partial charge >= 0.3 is 0 Å². The number of aromatic hydroxyl groups is 1. The molecule has 0 atom stereocenters. The molecular formula is C18H18O3. The number of carbonyl (C=O) groups is 1. The van der Waals surface area contributed by atoms with Crippen LogP contribution in [-0.4, -0.2) is 17.5 Å². The minimum Gasteiger partial charge on any atom is -0.506 e. The molecule has 3 heteroatoms. The molecule has 0 unspecified atom stereocenters. The molecule has 21 heavy (non-hydrogen) atoms. The van der Waals surface area contributed by atoms with Gasteiger partial charge in [0.05, 0.1) is 17.2 Å². The Morgan fingerprint density at radius 2 is 1.76 bits per heavy atom. The van der Waals surface area contributed by atoms with E-state index in [1.54, 1.807) is 12.1 Å². The smallest absolute Gasteiger partial charge is 0.153 e. The van der Waals surface area contributed by atoms with E-state index < -0.39 is 0 Å². The largest absolute Gasteiger partial charge is 0.506 e. The van der Waals surface area contributed by atoms with Crippen molar-refractivity contribution in [2.75, 3.05) is 0 Å². The van der Waals surface area contributed by atoms with Crippen LogP contribution in [0.3, 0.4) is 0 Å². The highest BCUT2D eigenvalue weighted by atomic mass is 16.5. The zero-order valence-corrected chi connectivity index (χ0v) is 11.8.